The number of rotatable bonds is 5. The predicted octanol–water partition coefficient (Wildman–Crippen LogP) is 2.52. The lowest BCUT2D eigenvalue weighted by molar-refractivity contribution is 0.101. The Morgan fingerprint density at radius 1 is 1.33 bits per heavy atom. The van der Waals surface area contributed by atoms with Crippen LogP contribution >= 0.6 is 0 Å². The molecule has 24 heavy (non-hydrogen) atoms. The Hall–Kier alpha value is -3.16. The molecule has 0 aliphatic rings. The van der Waals surface area contributed by atoms with Crippen molar-refractivity contribution in [3.63, 3.8) is 0 Å². The average molecular weight is 327 g/mol. The molecule has 124 valence electrons. The smallest absolute Gasteiger partial charge is 0.322 e. The summed E-state index contributed by atoms with van der Waals surface area (Å²) in [6.45, 7) is 4.34. The van der Waals surface area contributed by atoms with Crippen molar-refractivity contribution >= 4 is 11.9 Å². The van der Waals surface area contributed by atoms with Crippen molar-refractivity contribution in [3.8, 4) is 17.2 Å². The maximum Gasteiger partial charge on any atom is 0.322 e. The number of benzene rings is 1. The van der Waals surface area contributed by atoms with Gasteiger partial charge < -0.3 is 9.15 Å². The highest BCUT2D eigenvalue weighted by Crippen LogP contribution is 2.24. The molecule has 1 amide bonds. The van der Waals surface area contributed by atoms with Crippen molar-refractivity contribution in [2.75, 3.05) is 12.4 Å². The van der Waals surface area contributed by atoms with Gasteiger partial charge in [-0.15, -0.1) is 5.10 Å². The molecule has 0 fully saturated rings. The van der Waals surface area contributed by atoms with Crippen molar-refractivity contribution in [2.24, 2.45) is 0 Å². The van der Waals surface area contributed by atoms with Gasteiger partial charge in [0.2, 0.25) is 5.89 Å². The van der Waals surface area contributed by atoms with Gasteiger partial charge in [-0.1, -0.05) is 11.2 Å². The Bertz CT molecular complexity index is 868. The average Bonchev–Trinajstić information content (AvgIpc) is 3.21. The molecule has 2 heterocycles. The van der Waals surface area contributed by atoms with E-state index in [9.17, 15) is 4.79 Å². The summed E-state index contributed by atoms with van der Waals surface area (Å²) in [5.41, 5.74) is 1.91. The van der Waals surface area contributed by atoms with Crippen LogP contribution in [-0.2, 0) is 6.54 Å². The largest absolute Gasteiger partial charge is 0.497 e. The molecular weight excluding hydrogens is 310 g/mol. The molecule has 0 spiro atoms. The number of carbonyl (C=O) groups is 1. The first-order valence-corrected chi connectivity index (χ1v) is 7.44. The van der Waals surface area contributed by atoms with Gasteiger partial charge >= 0.3 is 6.01 Å². The third-order valence-electron chi connectivity index (χ3n) is 3.40. The molecule has 0 saturated heterocycles. The van der Waals surface area contributed by atoms with Crippen molar-refractivity contribution in [3.05, 3.63) is 41.7 Å². The second kappa shape index (κ2) is 6.53. The van der Waals surface area contributed by atoms with Crippen LogP contribution in [0.4, 0.5) is 6.01 Å². The first kappa shape index (κ1) is 15.7. The van der Waals surface area contributed by atoms with Gasteiger partial charge in [0.1, 0.15) is 11.4 Å². The Morgan fingerprint density at radius 2 is 2.17 bits per heavy atom. The summed E-state index contributed by atoms with van der Waals surface area (Å²) >= 11 is 0. The van der Waals surface area contributed by atoms with Crippen molar-refractivity contribution in [2.45, 2.75) is 20.4 Å². The fourth-order valence-corrected chi connectivity index (χ4v) is 2.28. The lowest BCUT2D eigenvalue weighted by atomic mass is 10.2. The minimum absolute atomic E-state index is 0.0272. The van der Waals surface area contributed by atoms with Crippen LogP contribution in [0.3, 0.4) is 0 Å². The lowest BCUT2D eigenvalue weighted by Gasteiger charge is -2.03. The number of aryl methyl sites for hydroxylation is 2. The number of hydrogen-bond acceptors (Lipinski definition) is 6. The summed E-state index contributed by atoms with van der Waals surface area (Å²) in [5.74, 6) is 0.626. The van der Waals surface area contributed by atoms with Gasteiger partial charge in [-0.3, -0.25) is 14.8 Å². The van der Waals surface area contributed by atoms with Gasteiger partial charge in [-0.05, 0) is 38.1 Å². The van der Waals surface area contributed by atoms with Crippen molar-refractivity contribution in [1.82, 2.24) is 20.0 Å². The minimum Gasteiger partial charge on any atom is -0.497 e. The number of amides is 1. The molecule has 3 aromatic rings. The Morgan fingerprint density at radius 3 is 2.92 bits per heavy atom. The molecule has 0 atom stereocenters. The SMILES string of the molecule is CCn1nc(C)cc1C(=O)Nc1nnc(-c2cccc(OC)c2)o1. The van der Waals surface area contributed by atoms with Crippen LogP contribution in [0.15, 0.2) is 34.7 Å². The number of nitrogens with one attached hydrogen (secondary N) is 1. The van der Waals surface area contributed by atoms with E-state index in [4.69, 9.17) is 9.15 Å². The zero-order valence-corrected chi connectivity index (χ0v) is 13.6. The van der Waals surface area contributed by atoms with E-state index in [1.807, 2.05) is 32.0 Å². The minimum atomic E-state index is -0.349. The van der Waals surface area contributed by atoms with Gasteiger partial charge in [0.25, 0.3) is 5.91 Å². The van der Waals surface area contributed by atoms with Gasteiger partial charge in [-0.25, -0.2) is 0 Å². The summed E-state index contributed by atoms with van der Waals surface area (Å²) < 4.78 is 12.3. The van der Waals surface area contributed by atoms with E-state index in [0.29, 0.717) is 29.4 Å². The van der Waals surface area contributed by atoms with Crippen LogP contribution in [0.1, 0.15) is 23.1 Å². The number of nitrogens with zero attached hydrogens (tertiary/aromatic N) is 4. The van der Waals surface area contributed by atoms with E-state index in [2.05, 4.69) is 20.6 Å². The summed E-state index contributed by atoms with van der Waals surface area (Å²) in [5, 5.41) is 14.6. The van der Waals surface area contributed by atoms with Gasteiger partial charge in [0.15, 0.2) is 0 Å². The number of hydrogen-bond donors (Lipinski definition) is 1. The second-order valence-electron chi connectivity index (χ2n) is 5.09. The van der Waals surface area contributed by atoms with E-state index in [0.717, 1.165) is 5.69 Å². The number of ether oxygens (including phenoxy) is 1. The zero-order valence-electron chi connectivity index (χ0n) is 13.6. The Balaban J connectivity index is 1.79. The fourth-order valence-electron chi connectivity index (χ4n) is 2.28. The van der Waals surface area contributed by atoms with E-state index < -0.39 is 0 Å². The number of anilines is 1. The normalized spacial score (nSPS) is 10.6. The van der Waals surface area contributed by atoms with Crippen LogP contribution in [0.25, 0.3) is 11.5 Å². The molecule has 1 aromatic carbocycles. The molecule has 2 aromatic heterocycles. The molecule has 3 rings (SSSR count). The van der Waals surface area contributed by atoms with Gasteiger partial charge in [-0.2, -0.15) is 5.10 Å². The third-order valence-corrected chi connectivity index (χ3v) is 3.40. The quantitative estimate of drug-likeness (QED) is 0.773. The highest BCUT2D eigenvalue weighted by atomic mass is 16.5. The maximum absolute atomic E-state index is 12.3. The van der Waals surface area contributed by atoms with Gasteiger partial charge in [0, 0.05) is 12.1 Å². The van der Waals surface area contributed by atoms with Crippen LogP contribution in [0, 0.1) is 6.92 Å². The molecule has 8 nitrogen and oxygen atoms in total. The van der Waals surface area contributed by atoms with Gasteiger partial charge in [0.05, 0.1) is 12.8 Å². The molecule has 0 saturated carbocycles. The molecule has 0 radical (unpaired) electrons. The monoisotopic (exact) mass is 327 g/mol. The van der Waals surface area contributed by atoms with E-state index in [-0.39, 0.29) is 11.9 Å². The van der Waals surface area contributed by atoms with Crippen molar-refractivity contribution < 1.29 is 13.9 Å². The van der Waals surface area contributed by atoms with Crippen LogP contribution < -0.4 is 10.1 Å². The lowest BCUT2D eigenvalue weighted by Crippen LogP contribution is -2.17. The number of methoxy groups -OCH3 is 1. The predicted molar refractivity (Wildman–Crippen MR) is 86.9 cm³/mol. The topological polar surface area (TPSA) is 95.1 Å². The first-order chi connectivity index (χ1) is 11.6. The zero-order chi connectivity index (χ0) is 17.1. The van der Waals surface area contributed by atoms with Crippen molar-refractivity contribution in [1.29, 1.82) is 0 Å². The second-order valence-corrected chi connectivity index (χ2v) is 5.09. The first-order valence-electron chi connectivity index (χ1n) is 7.44. The summed E-state index contributed by atoms with van der Waals surface area (Å²) in [6, 6.07) is 8.96. The Kier molecular flexibility index (Phi) is 4.28. The highest BCUT2D eigenvalue weighted by molar-refractivity contribution is 6.01. The summed E-state index contributed by atoms with van der Waals surface area (Å²) in [6.07, 6.45) is 0. The third kappa shape index (κ3) is 3.12. The standard InChI is InChI=1S/C16H17N5O3/c1-4-21-13(8-10(2)20-21)14(22)17-16-19-18-15(24-16)11-6-5-7-12(9-11)23-3/h5-9H,4H2,1-3H3,(H,17,19,22). The molecule has 1 N–H and O–H groups in total. The molecule has 8 heteroatoms. The molecule has 0 aliphatic carbocycles. The molecular formula is C16H17N5O3. The number of aromatic nitrogens is 4. The van der Waals surface area contributed by atoms with E-state index in [1.165, 1.54) is 0 Å². The summed E-state index contributed by atoms with van der Waals surface area (Å²) in [4.78, 5) is 12.3. The Labute approximate surface area is 138 Å². The maximum atomic E-state index is 12.3. The van der Waals surface area contributed by atoms with E-state index in [1.54, 1.807) is 23.9 Å². The van der Waals surface area contributed by atoms with Crippen LogP contribution in [0.5, 0.6) is 5.75 Å². The molecule has 0 unspecified atom stereocenters. The number of carbonyl (C=O) groups excluding carboxylic acids is 1. The summed E-state index contributed by atoms with van der Waals surface area (Å²) in [7, 11) is 1.58. The van der Waals surface area contributed by atoms with Crippen LogP contribution in [0.2, 0.25) is 0 Å². The highest BCUT2D eigenvalue weighted by Gasteiger charge is 2.17. The molecule has 0 aliphatic heterocycles. The van der Waals surface area contributed by atoms with E-state index >= 15 is 0 Å². The molecule has 0 bridgehead atoms. The van der Waals surface area contributed by atoms with Crippen LogP contribution in [-0.4, -0.2) is 33.0 Å². The fraction of sp³-hybridized carbons (Fsp3) is 0.250.